The minimum atomic E-state index is -0.121. The number of hydrogen-bond donors (Lipinski definition) is 2. The second-order valence-corrected chi connectivity index (χ2v) is 3.88. The second kappa shape index (κ2) is 4.53. The van der Waals surface area contributed by atoms with Gasteiger partial charge >= 0.3 is 0 Å². The van der Waals surface area contributed by atoms with E-state index in [1.54, 1.807) is 0 Å². The molecule has 1 aromatic rings. The van der Waals surface area contributed by atoms with E-state index in [9.17, 15) is 4.79 Å². The summed E-state index contributed by atoms with van der Waals surface area (Å²) < 4.78 is 5.42. The zero-order valence-corrected chi connectivity index (χ0v) is 9.32. The van der Waals surface area contributed by atoms with Crippen molar-refractivity contribution in [3.8, 4) is 5.75 Å². The molecule has 0 saturated heterocycles. The van der Waals surface area contributed by atoms with Gasteiger partial charge in [-0.05, 0) is 37.1 Å². The maximum absolute atomic E-state index is 11.6. The van der Waals surface area contributed by atoms with Gasteiger partial charge in [-0.25, -0.2) is 0 Å². The summed E-state index contributed by atoms with van der Waals surface area (Å²) in [4.78, 5) is 11.6. The number of ether oxygens (including phenoxy) is 1. The zero-order valence-electron chi connectivity index (χ0n) is 9.32. The highest BCUT2D eigenvalue weighted by atomic mass is 16.5. The Morgan fingerprint density at radius 2 is 2.38 bits per heavy atom. The minimum absolute atomic E-state index is 0.0131. The van der Waals surface area contributed by atoms with Gasteiger partial charge in [0, 0.05) is 12.2 Å². The zero-order chi connectivity index (χ0) is 11.5. The molecule has 1 amide bonds. The normalized spacial score (nSPS) is 18.9. The van der Waals surface area contributed by atoms with Crippen LogP contribution in [0.2, 0.25) is 0 Å². The van der Waals surface area contributed by atoms with Crippen molar-refractivity contribution in [2.75, 3.05) is 18.5 Å². The number of nitrogens with two attached hydrogens (primary N) is 1. The number of rotatable bonds is 3. The Morgan fingerprint density at radius 1 is 1.56 bits per heavy atom. The molecule has 1 aliphatic rings. The van der Waals surface area contributed by atoms with Crippen LogP contribution in [0.1, 0.15) is 12.5 Å². The maximum atomic E-state index is 11.6. The van der Waals surface area contributed by atoms with E-state index in [0.717, 1.165) is 17.0 Å². The van der Waals surface area contributed by atoms with Gasteiger partial charge in [0.25, 0.3) is 0 Å². The number of carbonyl (C=O) groups excluding carboxylic acids is 1. The highest BCUT2D eigenvalue weighted by Crippen LogP contribution is 2.28. The van der Waals surface area contributed by atoms with Crippen LogP contribution >= 0.6 is 0 Å². The average Bonchev–Trinajstić information content (AvgIpc) is 2.29. The fraction of sp³-hybridized carbons (Fsp3) is 0.417. The average molecular weight is 220 g/mol. The first-order valence-electron chi connectivity index (χ1n) is 5.51. The Bertz CT molecular complexity index is 404. The van der Waals surface area contributed by atoms with Crippen LogP contribution in [-0.4, -0.2) is 19.1 Å². The molecule has 1 heterocycles. The number of anilines is 1. The van der Waals surface area contributed by atoms with Crippen molar-refractivity contribution >= 4 is 11.6 Å². The first kappa shape index (κ1) is 11.0. The highest BCUT2D eigenvalue weighted by molar-refractivity contribution is 5.96. The lowest BCUT2D eigenvalue weighted by Crippen LogP contribution is -2.34. The van der Waals surface area contributed by atoms with Crippen molar-refractivity contribution in [2.24, 2.45) is 11.7 Å². The molecule has 1 unspecified atom stereocenters. The smallest absolute Gasteiger partial charge is 0.229 e. The lowest BCUT2D eigenvalue weighted by molar-refractivity contribution is -0.119. The van der Waals surface area contributed by atoms with Crippen LogP contribution in [-0.2, 0) is 11.2 Å². The summed E-state index contributed by atoms with van der Waals surface area (Å²) >= 11 is 0. The predicted octanol–water partition coefficient (Wildman–Crippen LogP) is 1.15. The molecule has 0 saturated carbocycles. The molecule has 4 heteroatoms. The molecule has 3 N–H and O–H groups in total. The van der Waals surface area contributed by atoms with Gasteiger partial charge in [-0.1, -0.05) is 0 Å². The number of benzene rings is 1. The van der Waals surface area contributed by atoms with Gasteiger partial charge < -0.3 is 15.8 Å². The SMILES string of the molecule is CCOc1ccc2c(c1)CC(CN)C(=O)N2. The summed E-state index contributed by atoms with van der Waals surface area (Å²) in [5.41, 5.74) is 7.53. The third kappa shape index (κ3) is 2.02. The fourth-order valence-corrected chi connectivity index (χ4v) is 1.90. The van der Waals surface area contributed by atoms with Crippen molar-refractivity contribution in [3.63, 3.8) is 0 Å². The van der Waals surface area contributed by atoms with E-state index in [4.69, 9.17) is 10.5 Å². The Morgan fingerprint density at radius 3 is 3.06 bits per heavy atom. The van der Waals surface area contributed by atoms with Crippen LogP contribution in [0.15, 0.2) is 18.2 Å². The number of carbonyl (C=O) groups is 1. The van der Waals surface area contributed by atoms with E-state index < -0.39 is 0 Å². The molecule has 2 rings (SSSR count). The summed E-state index contributed by atoms with van der Waals surface area (Å²) in [6, 6.07) is 5.72. The topological polar surface area (TPSA) is 64.3 Å². The van der Waals surface area contributed by atoms with Crippen LogP contribution in [0.4, 0.5) is 5.69 Å². The molecule has 1 atom stereocenters. The molecule has 0 aliphatic carbocycles. The second-order valence-electron chi connectivity index (χ2n) is 3.88. The van der Waals surface area contributed by atoms with Gasteiger partial charge in [0.2, 0.25) is 5.91 Å². The van der Waals surface area contributed by atoms with Gasteiger partial charge in [-0.2, -0.15) is 0 Å². The van der Waals surface area contributed by atoms with Gasteiger partial charge in [-0.15, -0.1) is 0 Å². The Balaban J connectivity index is 2.26. The number of hydrogen-bond acceptors (Lipinski definition) is 3. The van der Waals surface area contributed by atoms with Crippen molar-refractivity contribution < 1.29 is 9.53 Å². The lowest BCUT2D eigenvalue weighted by atomic mass is 9.93. The first-order chi connectivity index (χ1) is 7.74. The highest BCUT2D eigenvalue weighted by Gasteiger charge is 2.24. The van der Waals surface area contributed by atoms with Gasteiger partial charge in [0.1, 0.15) is 5.75 Å². The summed E-state index contributed by atoms with van der Waals surface area (Å²) in [5.74, 6) is 0.733. The van der Waals surface area contributed by atoms with E-state index in [1.807, 2.05) is 25.1 Å². The molecular formula is C12H16N2O2. The quantitative estimate of drug-likeness (QED) is 0.803. The fourth-order valence-electron chi connectivity index (χ4n) is 1.90. The molecule has 86 valence electrons. The molecule has 1 aliphatic heterocycles. The van der Waals surface area contributed by atoms with E-state index in [2.05, 4.69) is 5.32 Å². The minimum Gasteiger partial charge on any atom is -0.494 e. The summed E-state index contributed by atoms with van der Waals surface area (Å²) in [6.07, 6.45) is 0.693. The standard InChI is InChI=1S/C12H16N2O2/c1-2-16-10-3-4-11-8(6-10)5-9(7-13)12(15)14-11/h3-4,6,9H,2,5,7,13H2,1H3,(H,14,15). The van der Waals surface area contributed by atoms with E-state index in [1.165, 1.54) is 0 Å². The number of amides is 1. The molecule has 1 aromatic carbocycles. The molecule has 0 bridgehead atoms. The van der Waals surface area contributed by atoms with Gasteiger partial charge in [-0.3, -0.25) is 4.79 Å². The van der Waals surface area contributed by atoms with Gasteiger partial charge in [0.15, 0.2) is 0 Å². The van der Waals surface area contributed by atoms with Crippen LogP contribution < -0.4 is 15.8 Å². The molecule has 0 fully saturated rings. The lowest BCUT2D eigenvalue weighted by Gasteiger charge is -2.23. The van der Waals surface area contributed by atoms with Crippen molar-refractivity contribution in [2.45, 2.75) is 13.3 Å². The summed E-state index contributed by atoms with van der Waals surface area (Å²) in [5, 5.41) is 2.86. The summed E-state index contributed by atoms with van der Waals surface area (Å²) in [7, 11) is 0. The molecular weight excluding hydrogens is 204 g/mol. The molecule has 16 heavy (non-hydrogen) atoms. The summed E-state index contributed by atoms with van der Waals surface area (Å²) in [6.45, 7) is 2.97. The monoisotopic (exact) mass is 220 g/mol. The Labute approximate surface area is 94.8 Å². The van der Waals surface area contributed by atoms with E-state index in [-0.39, 0.29) is 11.8 Å². The van der Waals surface area contributed by atoms with E-state index in [0.29, 0.717) is 19.6 Å². The largest absolute Gasteiger partial charge is 0.494 e. The third-order valence-electron chi connectivity index (χ3n) is 2.77. The van der Waals surface area contributed by atoms with Crippen molar-refractivity contribution in [3.05, 3.63) is 23.8 Å². The van der Waals surface area contributed by atoms with Gasteiger partial charge in [0.05, 0.1) is 12.5 Å². The Kier molecular flexibility index (Phi) is 3.10. The number of nitrogens with one attached hydrogen (secondary N) is 1. The third-order valence-corrected chi connectivity index (χ3v) is 2.77. The molecule has 0 aromatic heterocycles. The van der Waals surface area contributed by atoms with Crippen LogP contribution in [0.3, 0.4) is 0 Å². The van der Waals surface area contributed by atoms with Crippen LogP contribution in [0, 0.1) is 5.92 Å². The van der Waals surface area contributed by atoms with E-state index >= 15 is 0 Å². The molecule has 0 spiro atoms. The molecule has 0 radical (unpaired) electrons. The molecule has 4 nitrogen and oxygen atoms in total. The predicted molar refractivity (Wildman–Crippen MR) is 62.5 cm³/mol. The van der Waals surface area contributed by atoms with Crippen LogP contribution in [0.25, 0.3) is 0 Å². The van der Waals surface area contributed by atoms with Crippen LogP contribution in [0.5, 0.6) is 5.75 Å². The maximum Gasteiger partial charge on any atom is 0.229 e. The number of fused-ring (bicyclic) bond motifs is 1. The van der Waals surface area contributed by atoms with Crippen molar-refractivity contribution in [1.29, 1.82) is 0 Å². The van der Waals surface area contributed by atoms with Crippen molar-refractivity contribution in [1.82, 2.24) is 0 Å². The first-order valence-corrected chi connectivity index (χ1v) is 5.51. The Hall–Kier alpha value is -1.55.